The molecule has 0 aromatic heterocycles. The third-order valence-electron chi connectivity index (χ3n) is 6.47. The summed E-state index contributed by atoms with van der Waals surface area (Å²) in [4.78, 5) is 27.3. The number of carbonyl (C=O) groups is 2. The Morgan fingerprint density at radius 1 is 1.07 bits per heavy atom. The second-order valence-corrected chi connectivity index (χ2v) is 8.60. The molecule has 2 amide bonds. The van der Waals surface area contributed by atoms with Gasteiger partial charge in [-0.3, -0.25) is 9.69 Å². The first-order valence-electron chi connectivity index (χ1n) is 10.9. The second-order valence-electron chi connectivity index (χ2n) is 8.60. The minimum atomic E-state index is -0.791. The molecule has 0 bridgehead atoms. The lowest BCUT2D eigenvalue weighted by atomic mass is 9.80. The molecular formula is C21H39N3O3. The number of unbranched alkanes of at least 4 members (excludes halogenated alkanes) is 1. The highest BCUT2D eigenvalue weighted by Crippen LogP contribution is 2.31. The number of nitrogens with zero attached hydrogens (tertiary/aromatic N) is 2. The van der Waals surface area contributed by atoms with Gasteiger partial charge in [-0.25, -0.2) is 4.79 Å². The number of urea groups is 1. The van der Waals surface area contributed by atoms with Crippen molar-refractivity contribution in [3.8, 4) is 0 Å². The van der Waals surface area contributed by atoms with Gasteiger partial charge >= 0.3 is 12.0 Å². The highest BCUT2D eigenvalue weighted by Gasteiger charge is 2.25. The maximum absolute atomic E-state index is 12.6. The zero-order chi connectivity index (χ0) is 19.6. The summed E-state index contributed by atoms with van der Waals surface area (Å²) >= 11 is 0. The summed E-state index contributed by atoms with van der Waals surface area (Å²) in [6, 6.07) is 0.307. The largest absolute Gasteiger partial charge is 0.480 e. The number of carboxylic acid groups (broad SMARTS) is 1. The first-order chi connectivity index (χ1) is 13.0. The normalized spacial score (nSPS) is 26.6. The van der Waals surface area contributed by atoms with Crippen LogP contribution in [-0.4, -0.2) is 66.2 Å². The minimum absolute atomic E-state index is 0.0599. The van der Waals surface area contributed by atoms with Crippen molar-refractivity contribution < 1.29 is 14.7 Å². The van der Waals surface area contributed by atoms with Crippen molar-refractivity contribution in [3.05, 3.63) is 0 Å². The van der Waals surface area contributed by atoms with Crippen molar-refractivity contribution in [3.63, 3.8) is 0 Å². The fraction of sp³-hybridized carbons (Fsp3) is 0.905. The van der Waals surface area contributed by atoms with Crippen LogP contribution >= 0.6 is 0 Å². The molecule has 1 unspecified atom stereocenters. The van der Waals surface area contributed by atoms with Crippen LogP contribution in [0.15, 0.2) is 0 Å². The van der Waals surface area contributed by atoms with Gasteiger partial charge in [0.1, 0.15) is 0 Å². The van der Waals surface area contributed by atoms with E-state index in [1.807, 2.05) is 16.8 Å². The van der Waals surface area contributed by atoms with E-state index in [1.54, 1.807) is 0 Å². The molecule has 156 valence electrons. The van der Waals surface area contributed by atoms with E-state index >= 15 is 0 Å². The fourth-order valence-electron chi connectivity index (χ4n) is 4.63. The summed E-state index contributed by atoms with van der Waals surface area (Å²) < 4.78 is 0. The van der Waals surface area contributed by atoms with Gasteiger partial charge in [-0.1, -0.05) is 39.0 Å². The lowest BCUT2D eigenvalue weighted by molar-refractivity contribution is -0.138. The number of hydrogen-bond donors (Lipinski definition) is 2. The van der Waals surface area contributed by atoms with Crippen LogP contribution in [-0.2, 0) is 4.79 Å². The summed E-state index contributed by atoms with van der Waals surface area (Å²) in [5, 5.41) is 12.1. The first kappa shape index (κ1) is 22.0. The van der Waals surface area contributed by atoms with E-state index in [-0.39, 0.29) is 18.6 Å². The Bertz CT molecular complexity index is 464. The lowest BCUT2D eigenvalue weighted by Crippen LogP contribution is -2.43. The molecule has 0 aromatic carbocycles. The average molecular weight is 382 g/mol. The van der Waals surface area contributed by atoms with Crippen LogP contribution in [0, 0.1) is 11.8 Å². The molecule has 0 aromatic rings. The number of carboxylic acids is 1. The summed E-state index contributed by atoms with van der Waals surface area (Å²) in [5.74, 6) is 0.747. The van der Waals surface area contributed by atoms with Gasteiger partial charge in [0.15, 0.2) is 0 Å². The summed E-state index contributed by atoms with van der Waals surface area (Å²) in [6.45, 7) is 4.61. The van der Waals surface area contributed by atoms with Crippen LogP contribution < -0.4 is 5.32 Å². The summed E-state index contributed by atoms with van der Waals surface area (Å²) in [5.41, 5.74) is 0. The van der Waals surface area contributed by atoms with Crippen LogP contribution in [0.1, 0.15) is 71.1 Å². The van der Waals surface area contributed by atoms with Crippen LogP contribution in [0.5, 0.6) is 0 Å². The van der Waals surface area contributed by atoms with Gasteiger partial charge < -0.3 is 15.3 Å². The van der Waals surface area contributed by atoms with Gasteiger partial charge in [0.2, 0.25) is 0 Å². The Morgan fingerprint density at radius 2 is 1.78 bits per heavy atom. The minimum Gasteiger partial charge on any atom is -0.480 e. The molecule has 27 heavy (non-hydrogen) atoms. The summed E-state index contributed by atoms with van der Waals surface area (Å²) in [6.07, 6.45) is 11.9. The number of carbonyl (C=O) groups excluding carboxylic acids is 1. The van der Waals surface area contributed by atoms with Gasteiger partial charge in [-0.05, 0) is 51.0 Å². The number of likely N-dealkylation sites (tertiary alicyclic amines) is 1. The molecule has 2 rings (SSSR count). The molecule has 2 aliphatic rings. The van der Waals surface area contributed by atoms with Crippen molar-refractivity contribution in [2.45, 2.75) is 77.2 Å². The SMILES string of the molecule is CCCCC1CCC(CNC(=O)N2CCCC(N(C)CC(=O)O)CC2)CC1. The predicted molar refractivity (Wildman–Crippen MR) is 108 cm³/mol. The standard InChI is InChI=1S/C21H39N3O3/c1-3-4-6-17-8-10-18(11-9-17)15-22-21(27)24-13-5-7-19(12-14-24)23(2)16-20(25)26/h17-19H,3-16H2,1-2H3,(H,22,27)(H,25,26). The predicted octanol–water partition coefficient (Wildman–Crippen LogP) is 3.56. The van der Waals surface area contributed by atoms with Gasteiger partial charge in [-0.15, -0.1) is 0 Å². The Labute approximate surface area is 164 Å². The maximum atomic E-state index is 12.6. The molecular weight excluding hydrogens is 342 g/mol. The molecule has 1 heterocycles. The maximum Gasteiger partial charge on any atom is 0.317 e. The topological polar surface area (TPSA) is 72.9 Å². The number of nitrogens with one attached hydrogen (secondary N) is 1. The monoisotopic (exact) mass is 381 g/mol. The van der Waals surface area contributed by atoms with E-state index in [0.717, 1.165) is 38.3 Å². The highest BCUT2D eigenvalue weighted by atomic mass is 16.4. The molecule has 1 saturated carbocycles. The molecule has 6 nitrogen and oxygen atoms in total. The molecule has 1 atom stereocenters. The Balaban J connectivity index is 1.67. The van der Waals surface area contributed by atoms with E-state index < -0.39 is 5.97 Å². The third-order valence-corrected chi connectivity index (χ3v) is 6.47. The van der Waals surface area contributed by atoms with Crippen LogP contribution in [0.4, 0.5) is 4.79 Å². The quantitative estimate of drug-likeness (QED) is 0.674. The molecule has 1 aliphatic carbocycles. The van der Waals surface area contributed by atoms with Crippen LogP contribution in [0.2, 0.25) is 0 Å². The van der Waals surface area contributed by atoms with Crippen molar-refractivity contribution in [2.24, 2.45) is 11.8 Å². The van der Waals surface area contributed by atoms with E-state index in [2.05, 4.69) is 12.2 Å². The van der Waals surface area contributed by atoms with Crippen LogP contribution in [0.25, 0.3) is 0 Å². The molecule has 2 N–H and O–H groups in total. The number of hydrogen-bond acceptors (Lipinski definition) is 3. The number of aliphatic carboxylic acids is 1. The average Bonchev–Trinajstić information content (AvgIpc) is 2.91. The van der Waals surface area contributed by atoms with Gasteiger partial charge in [0, 0.05) is 25.7 Å². The molecule has 2 fully saturated rings. The first-order valence-corrected chi connectivity index (χ1v) is 10.9. The number of amides is 2. The van der Waals surface area contributed by atoms with Crippen LogP contribution in [0.3, 0.4) is 0 Å². The van der Waals surface area contributed by atoms with E-state index in [9.17, 15) is 9.59 Å². The number of likely N-dealkylation sites (N-methyl/N-ethyl adjacent to an activating group) is 1. The van der Waals surface area contributed by atoms with E-state index in [4.69, 9.17) is 5.11 Å². The third kappa shape index (κ3) is 7.68. The smallest absolute Gasteiger partial charge is 0.317 e. The van der Waals surface area contributed by atoms with Gasteiger partial charge in [0.25, 0.3) is 0 Å². The lowest BCUT2D eigenvalue weighted by Gasteiger charge is -2.29. The van der Waals surface area contributed by atoms with E-state index in [1.165, 1.54) is 44.9 Å². The van der Waals surface area contributed by atoms with E-state index in [0.29, 0.717) is 12.5 Å². The van der Waals surface area contributed by atoms with Crippen molar-refractivity contribution >= 4 is 12.0 Å². The van der Waals surface area contributed by atoms with Crippen molar-refractivity contribution in [2.75, 3.05) is 33.2 Å². The second kappa shape index (κ2) is 11.5. The molecule has 0 radical (unpaired) electrons. The zero-order valence-corrected chi connectivity index (χ0v) is 17.3. The summed E-state index contributed by atoms with van der Waals surface area (Å²) in [7, 11) is 1.87. The zero-order valence-electron chi connectivity index (χ0n) is 17.3. The Kier molecular flexibility index (Phi) is 9.39. The number of rotatable bonds is 8. The Hall–Kier alpha value is -1.30. The molecule has 0 spiro atoms. The molecule has 1 saturated heterocycles. The van der Waals surface area contributed by atoms with Crippen molar-refractivity contribution in [1.82, 2.24) is 15.1 Å². The Morgan fingerprint density at radius 3 is 2.44 bits per heavy atom. The van der Waals surface area contributed by atoms with Gasteiger partial charge in [0.05, 0.1) is 6.54 Å². The molecule has 1 aliphatic heterocycles. The van der Waals surface area contributed by atoms with Crippen molar-refractivity contribution in [1.29, 1.82) is 0 Å². The van der Waals surface area contributed by atoms with Gasteiger partial charge in [-0.2, -0.15) is 0 Å². The highest BCUT2D eigenvalue weighted by molar-refractivity contribution is 5.74. The fourth-order valence-corrected chi connectivity index (χ4v) is 4.63. The molecule has 6 heteroatoms.